The summed E-state index contributed by atoms with van der Waals surface area (Å²) in [7, 11) is 0. The summed E-state index contributed by atoms with van der Waals surface area (Å²) >= 11 is 0. The molecule has 0 unspecified atom stereocenters. The van der Waals surface area contributed by atoms with Crippen LogP contribution in [0.15, 0.2) is 24.8 Å². The number of carbonyl (C=O) groups is 1. The molecule has 1 saturated heterocycles. The molecule has 0 radical (unpaired) electrons. The van der Waals surface area contributed by atoms with Crippen LogP contribution < -0.4 is 26.4 Å². The van der Waals surface area contributed by atoms with E-state index in [9.17, 15) is 4.79 Å². The third kappa shape index (κ3) is 3.53. The van der Waals surface area contributed by atoms with Gasteiger partial charge in [-0.05, 0) is 44.7 Å². The predicted octanol–water partition coefficient (Wildman–Crippen LogP) is 1.36. The van der Waals surface area contributed by atoms with Crippen LogP contribution in [-0.4, -0.2) is 55.7 Å². The van der Waals surface area contributed by atoms with Crippen LogP contribution in [0.1, 0.15) is 44.2 Å². The second-order valence-corrected chi connectivity index (χ2v) is 10.5. The Morgan fingerprint density at radius 1 is 1.26 bits per heavy atom. The second kappa shape index (κ2) is 7.30. The van der Waals surface area contributed by atoms with E-state index in [4.69, 9.17) is 16.2 Å². The zero-order chi connectivity index (χ0) is 23.7. The molecular formula is C24H30N8O2. The molecule has 1 atom stereocenters. The Balaban J connectivity index is 1.38. The number of nitrogens with two attached hydrogens (primary N) is 2. The molecule has 3 aromatic rings. The number of nitrogens with one attached hydrogen (secondary N) is 1. The molecule has 1 saturated carbocycles. The lowest BCUT2D eigenvalue weighted by atomic mass is 9.98. The second-order valence-electron chi connectivity index (χ2n) is 10.5. The fourth-order valence-corrected chi connectivity index (χ4v) is 5.12. The molecule has 1 aromatic carbocycles. The molecule has 34 heavy (non-hydrogen) atoms. The first-order valence-corrected chi connectivity index (χ1v) is 11.8. The lowest BCUT2D eigenvalue weighted by Crippen LogP contribution is -2.56. The van der Waals surface area contributed by atoms with Crippen LogP contribution in [0.25, 0.3) is 11.2 Å². The molecule has 178 valence electrons. The Hall–Kier alpha value is -3.40. The van der Waals surface area contributed by atoms with Crippen LogP contribution in [0.2, 0.25) is 0 Å². The van der Waals surface area contributed by atoms with E-state index in [-0.39, 0.29) is 17.6 Å². The van der Waals surface area contributed by atoms with Crippen molar-refractivity contribution in [2.24, 2.45) is 5.73 Å². The van der Waals surface area contributed by atoms with Gasteiger partial charge in [-0.15, -0.1) is 0 Å². The van der Waals surface area contributed by atoms with Gasteiger partial charge in [0.15, 0.2) is 11.5 Å². The van der Waals surface area contributed by atoms with Crippen molar-refractivity contribution in [3.63, 3.8) is 0 Å². The van der Waals surface area contributed by atoms with Crippen LogP contribution in [0.4, 0.5) is 11.5 Å². The number of hydrogen-bond donors (Lipinski definition) is 3. The molecule has 2 aliphatic heterocycles. The molecule has 2 fully saturated rings. The lowest BCUT2D eigenvalue weighted by Gasteiger charge is -2.27. The maximum absolute atomic E-state index is 12.9. The van der Waals surface area contributed by atoms with Gasteiger partial charge in [0.25, 0.3) is 0 Å². The summed E-state index contributed by atoms with van der Waals surface area (Å²) in [5.41, 5.74) is 15.9. The van der Waals surface area contributed by atoms with E-state index in [1.807, 2.05) is 4.57 Å². The maximum atomic E-state index is 12.9. The first-order valence-electron chi connectivity index (χ1n) is 11.8. The summed E-state index contributed by atoms with van der Waals surface area (Å²) in [6.45, 7) is 5.86. The van der Waals surface area contributed by atoms with Crippen LogP contribution in [0.5, 0.6) is 5.75 Å². The number of nitrogens with zero attached hydrogens (tertiary/aromatic N) is 5. The molecule has 3 aliphatic rings. The van der Waals surface area contributed by atoms with E-state index in [1.54, 1.807) is 6.33 Å². The van der Waals surface area contributed by atoms with Crippen molar-refractivity contribution in [1.82, 2.24) is 24.8 Å². The summed E-state index contributed by atoms with van der Waals surface area (Å²) < 4.78 is 8.41. The highest BCUT2D eigenvalue weighted by atomic mass is 16.5. The molecule has 5 N–H and O–H groups in total. The van der Waals surface area contributed by atoms with Gasteiger partial charge in [0.05, 0.1) is 12.9 Å². The largest absolute Gasteiger partial charge is 0.487 e. The summed E-state index contributed by atoms with van der Waals surface area (Å²) in [4.78, 5) is 28.0. The van der Waals surface area contributed by atoms with E-state index < -0.39 is 5.54 Å². The van der Waals surface area contributed by atoms with Crippen molar-refractivity contribution in [1.29, 1.82) is 0 Å². The number of fused-ring (bicyclic) bond motifs is 2. The monoisotopic (exact) mass is 462 g/mol. The standard InChI is InChI=1S/C24H30N8O2/c1-23(2)9-14-3-6-17(31-8-7-24(26,11-31)22(33)30-15-4-5-15)16(19(14)34-23)10-32-13-29-18-20(25)27-12-28-21(18)32/h3,6,12-13,15H,4-5,7-11,26H2,1-2H3,(H,30,33)(H2,25,27,28)/t24-/m1/s1. The average molecular weight is 463 g/mol. The molecule has 2 aromatic heterocycles. The normalized spacial score (nSPS) is 23.2. The number of carbonyl (C=O) groups excluding carboxylic acids is 1. The van der Waals surface area contributed by atoms with Crippen molar-refractivity contribution in [2.75, 3.05) is 23.7 Å². The molecule has 0 spiro atoms. The summed E-state index contributed by atoms with van der Waals surface area (Å²) in [6, 6.07) is 4.55. The Morgan fingerprint density at radius 3 is 2.88 bits per heavy atom. The Morgan fingerprint density at radius 2 is 2.09 bits per heavy atom. The third-order valence-electron chi connectivity index (χ3n) is 7.08. The third-order valence-corrected chi connectivity index (χ3v) is 7.08. The molecule has 1 amide bonds. The lowest BCUT2D eigenvalue weighted by molar-refractivity contribution is -0.125. The van der Waals surface area contributed by atoms with Gasteiger partial charge in [-0.3, -0.25) is 4.79 Å². The molecule has 10 nitrogen and oxygen atoms in total. The zero-order valence-corrected chi connectivity index (χ0v) is 19.5. The van der Waals surface area contributed by atoms with E-state index in [1.165, 1.54) is 11.9 Å². The zero-order valence-electron chi connectivity index (χ0n) is 19.5. The number of imidazole rings is 1. The van der Waals surface area contributed by atoms with Crippen LogP contribution in [-0.2, 0) is 17.8 Å². The van der Waals surface area contributed by atoms with Crippen molar-refractivity contribution in [3.05, 3.63) is 35.9 Å². The number of nitrogen functional groups attached to an aromatic ring is 1. The van der Waals surface area contributed by atoms with Crippen molar-refractivity contribution in [2.45, 2.75) is 63.3 Å². The number of benzene rings is 1. The number of rotatable bonds is 5. The Kier molecular flexibility index (Phi) is 4.54. The number of anilines is 2. The van der Waals surface area contributed by atoms with Crippen molar-refractivity contribution in [3.8, 4) is 5.75 Å². The van der Waals surface area contributed by atoms with Gasteiger partial charge in [0.1, 0.15) is 28.7 Å². The van der Waals surface area contributed by atoms with E-state index in [2.05, 4.69) is 51.1 Å². The van der Waals surface area contributed by atoms with Gasteiger partial charge in [0.2, 0.25) is 5.91 Å². The highest BCUT2D eigenvalue weighted by Crippen LogP contribution is 2.43. The first-order chi connectivity index (χ1) is 16.2. The minimum Gasteiger partial charge on any atom is -0.487 e. The fourth-order valence-electron chi connectivity index (χ4n) is 5.12. The topological polar surface area (TPSA) is 137 Å². The summed E-state index contributed by atoms with van der Waals surface area (Å²) in [5, 5.41) is 3.08. The van der Waals surface area contributed by atoms with E-state index in [0.29, 0.717) is 43.0 Å². The number of amides is 1. The van der Waals surface area contributed by atoms with Gasteiger partial charge in [0, 0.05) is 36.8 Å². The van der Waals surface area contributed by atoms with Crippen LogP contribution >= 0.6 is 0 Å². The van der Waals surface area contributed by atoms with Gasteiger partial charge in [-0.1, -0.05) is 6.07 Å². The van der Waals surface area contributed by atoms with Gasteiger partial charge in [-0.2, -0.15) is 0 Å². The van der Waals surface area contributed by atoms with Crippen LogP contribution in [0, 0.1) is 0 Å². The maximum Gasteiger partial charge on any atom is 0.242 e. The summed E-state index contributed by atoms with van der Waals surface area (Å²) in [6.07, 6.45) is 6.71. The van der Waals surface area contributed by atoms with Crippen LogP contribution in [0.3, 0.4) is 0 Å². The van der Waals surface area contributed by atoms with Gasteiger partial charge < -0.3 is 31.0 Å². The van der Waals surface area contributed by atoms with Crippen molar-refractivity contribution >= 4 is 28.6 Å². The highest BCUT2D eigenvalue weighted by Gasteiger charge is 2.44. The molecular weight excluding hydrogens is 432 g/mol. The predicted molar refractivity (Wildman–Crippen MR) is 129 cm³/mol. The fraction of sp³-hybridized carbons (Fsp3) is 0.500. The van der Waals surface area contributed by atoms with Crippen molar-refractivity contribution < 1.29 is 9.53 Å². The minimum absolute atomic E-state index is 0.0506. The number of ether oxygens (including phenoxy) is 1. The molecule has 6 rings (SSSR count). The Bertz CT molecular complexity index is 1300. The number of hydrogen-bond acceptors (Lipinski definition) is 8. The number of aromatic nitrogens is 4. The summed E-state index contributed by atoms with van der Waals surface area (Å²) in [5.74, 6) is 1.20. The van der Waals surface area contributed by atoms with E-state index >= 15 is 0 Å². The molecule has 4 heterocycles. The van der Waals surface area contributed by atoms with Gasteiger partial charge >= 0.3 is 0 Å². The first kappa shape index (κ1) is 21.2. The smallest absolute Gasteiger partial charge is 0.242 e. The average Bonchev–Trinajstić information content (AvgIpc) is 3.21. The SMILES string of the molecule is CC1(C)Cc2ccc(N3CC[C@](N)(C(=O)NC4CC4)C3)c(Cn3cnc4c(N)ncnc43)c2O1. The quantitative estimate of drug-likeness (QED) is 0.517. The molecule has 1 aliphatic carbocycles. The molecule has 0 bridgehead atoms. The minimum atomic E-state index is -0.900. The van der Waals surface area contributed by atoms with E-state index in [0.717, 1.165) is 36.3 Å². The highest BCUT2D eigenvalue weighted by molar-refractivity contribution is 5.88. The molecule has 10 heteroatoms. The van der Waals surface area contributed by atoms with Gasteiger partial charge in [-0.25, -0.2) is 15.0 Å². The Labute approximate surface area is 197 Å².